The van der Waals surface area contributed by atoms with E-state index in [0.717, 1.165) is 5.56 Å². The molecule has 31 heavy (non-hydrogen) atoms. The highest BCUT2D eigenvalue weighted by Crippen LogP contribution is 2.21. The molecule has 1 fully saturated rings. The van der Waals surface area contributed by atoms with Crippen molar-refractivity contribution in [1.29, 1.82) is 5.26 Å². The van der Waals surface area contributed by atoms with E-state index in [0.29, 0.717) is 39.1 Å². The molecule has 1 N–H and O–H groups in total. The third-order valence-corrected chi connectivity index (χ3v) is 9.17. The molecule has 0 atom stereocenters. The molecule has 1 saturated heterocycles. The van der Waals surface area contributed by atoms with Crippen LogP contribution in [0.3, 0.4) is 0 Å². The summed E-state index contributed by atoms with van der Waals surface area (Å²) < 4.78 is 54.3. The van der Waals surface area contributed by atoms with E-state index < -0.39 is 20.0 Å². The lowest BCUT2D eigenvalue weighted by Crippen LogP contribution is -3.14. The van der Waals surface area contributed by atoms with Gasteiger partial charge in [0.05, 0.1) is 55.0 Å². The number of nitriles is 1. The van der Waals surface area contributed by atoms with E-state index in [1.807, 2.05) is 30.3 Å². The summed E-state index contributed by atoms with van der Waals surface area (Å²) in [5.41, 5.74) is 0.865. The van der Waals surface area contributed by atoms with E-state index in [1.165, 1.54) is 44.8 Å². The maximum atomic E-state index is 12.9. The molecule has 0 amide bonds. The highest BCUT2D eigenvalue weighted by Gasteiger charge is 2.30. The molecular formula is C21H27N4O4S2+. The first kappa shape index (κ1) is 23.4. The molecule has 1 aliphatic rings. The Morgan fingerprint density at radius 3 is 2.13 bits per heavy atom. The molecular weight excluding hydrogens is 436 g/mol. The van der Waals surface area contributed by atoms with Crippen molar-refractivity contribution >= 4 is 20.0 Å². The number of nitrogens with one attached hydrogen (secondary N) is 1. The summed E-state index contributed by atoms with van der Waals surface area (Å²) >= 11 is 0. The van der Waals surface area contributed by atoms with Gasteiger partial charge in [0.15, 0.2) is 0 Å². The van der Waals surface area contributed by atoms with Crippen LogP contribution in [0.2, 0.25) is 0 Å². The number of benzene rings is 2. The maximum absolute atomic E-state index is 12.9. The lowest BCUT2D eigenvalue weighted by atomic mass is 10.2. The van der Waals surface area contributed by atoms with E-state index in [-0.39, 0.29) is 16.3 Å². The van der Waals surface area contributed by atoms with Crippen molar-refractivity contribution in [2.24, 2.45) is 0 Å². The third-order valence-electron chi connectivity index (χ3n) is 5.44. The van der Waals surface area contributed by atoms with Crippen LogP contribution in [0.5, 0.6) is 0 Å². The lowest BCUT2D eigenvalue weighted by Gasteiger charge is -2.31. The summed E-state index contributed by atoms with van der Waals surface area (Å²) in [6.07, 6.45) is 0.455. The maximum Gasteiger partial charge on any atom is 0.243 e. The molecule has 0 unspecified atom stereocenters. The van der Waals surface area contributed by atoms with Gasteiger partial charge in [-0.1, -0.05) is 30.3 Å². The minimum Gasteiger partial charge on any atom is -0.332 e. The van der Waals surface area contributed by atoms with Crippen LogP contribution in [0.1, 0.15) is 12.0 Å². The van der Waals surface area contributed by atoms with Crippen LogP contribution < -0.4 is 4.90 Å². The monoisotopic (exact) mass is 463 g/mol. The van der Waals surface area contributed by atoms with Crippen LogP contribution >= 0.6 is 0 Å². The van der Waals surface area contributed by atoms with Gasteiger partial charge in [-0.3, -0.25) is 0 Å². The third kappa shape index (κ3) is 5.50. The fraction of sp³-hybridized carbons (Fsp3) is 0.381. The van der Waals surface area contributed by atoms with Crippen LogP contribution in [0.4, 0.5) is 0 Å². The van der Waals surface area contributed by atoms with Crippen LogP contribution in [-0.4, -0.2) is 65.2 Å². The van der Waals surface area contributed by atoms with Crippen molar-refractivity contribution in [3.8, 4) is 6.07 Å². The molecule has 1 heterocycles. The average Bonchev–Trinajstić information content (AvgIpc) is 2.78. The number of nitrogens with zero attached hydrogens (tertiary/aromatic N) is 3. The Morgan fingerprint density at radius 1 is 0.968 bits per heavy atom. The Labute approximate surface area is 184 Å². The second kappa shape index (κ2) is 9.89. The molecule has 3 rings (SSSR count). The standard InChI is InChI=1S/C21H26N4O4S2/c1-23(18-19-6-3-2-4-7-19)30(26,27)20-8-10-21(11-9-20)31(28,29)25-16-14-24(15-17-25)13-5-12-22/h2-4,6-11H,5,13-18H2,1H3/p+1. The van der Waals surface area contributed by atoms with Crippen molar-refractivity contribution in [2.75, 3.05) is 39.8 Å². The minimum atomic E-state index is -3.75. The Bertz CT molecular complexity index is 1120. The van der Waals surface area contributed by atoms with Crippen LogP contribution in [0.15, 0.2) is 64.4 Å². The highest BCUT2D eigenvalue weighted by atomic mass is 32.2. The molecule has 10 heteroatoms. The minimum absolute atomic E-state index is 0.0515. The van der Waals surface area contributed by atoms with E-state index in [1.54, 1.807) is 0 Å². The van der Waals surface area contributed by atoms with Gasteiger partial charge in [-0.15, -0.1) is 0 Å². The summed E-state index contributed by atoms with van der Waals surface area (Å²) in [6, 6.07) is 16.8. The first-order valence-corrected chi connectivity index (χ1v) is 12.9. The topological polar surface area (TPSA) is 103 Å². The van der Waals surface area contributed by atoms with Crippen LogP contribution in [0.25, 0.3) is 0 Å². The zero-order valence-electron chi connectivity index (χ0n) is 17.4. The van der Waals surface area contributed by atoms with E-state index >= 15 is 0 Å². The van der Waals surface area contributed by atoms with E-state index in [2.05, 4.69) is 6.07 Å². The van der Waals surface area contributed by atoms with Gasteiger partial charge in [-0.25, -0.2) is 16.8 Å². The number of sulfonamides is 2. The van der Waals surface area contributed by atoms with Gasteiger partial charge in [-0.05, 0) is 29.8 Å². The lowest BCUT2D eigenvalue weighted by molar-refractivity contribution is -0.903. The normalized spacial score (nSPS) is 16.3. The molecule has 8 nitrogen and oxygen atoms in total. The first-order chi connectivity index (χ1) is 14.7. The SMILES string of the molecule is CN(Cc1ccccc1)S(=O)(=O)c1ccc(S(=O)(=O)N2CC[NH+](CCC#N)CC2)cc1. The van der Waals surface area contributed by atoms with Gasteiger partial charge in [0, 0.05) is 13.6 Å². The highest BCUT2D eigenvalue weighted by molar-refractivity contribution is 7.89. The van der Waals surface area contributed by atoms with Crippen molar-refractivity contribution in [3.63, 3.8) is 0 Å². The summed E-state index contributed by atoms with van der Waals surface area (Å²) in [5, 5.41) is 8.70. The van der Waals surface area contributed by atoms with Crippen molar-refractivity contribution in [2.45, 2.75) is 22.8 Å². The molecule has 0 radical (unpaired) electrons. The number of hydrogen-bond acceptors (Lipinski definition) is 5. The van der Waals surface area contributed by atoms with E-state index in [9.17, 15) is 16.8 Å². The Hall–Kier alpha value is -2.29. The quantitative estimate of drug-likeness (QED) is 0.607. The summed E-state index contributed by atoms with van der Waals surface area (Å²) in [5.74, 6) is 0. The Balaban J connectivity index is 1.69. The van der Waals surface area contributed by atoms with Gasteiger partial charge in [0.2, 0.25) is 20.0 Å². The average molecular weight is 464 g/mol. The molecule has 166 valence electrons. The zero-order valence-corrected chi connectivity index (χ0v) is 19.1. The zero-order chi connectivity index (χ0) is 22.5. The molecule has 2 aromatic carbocycles. The Kier molecular flexibility index (Phi) is 7.46. The van der Waals surface area contributed by atoms with Gasteiger partial charge in [0.25, 0.3) is 0 Å². The molecule has 1 aliphatic heterocycles. The van der Waals surface area contributed by atoms with Crippen LogP contribution in [0, 0.1) is 11.3 Å². The number of rotatable bonds is 8. The molecule has 0 aromatic heterocycles. The molecule has 0 saturated carbocycles. The smallest absolute Gasteiger partial charge is 0.243 e. The van der Waals surface area contributed by atoms with Crippen molar-refractivity contribution in [1.82, 2.24) is 8.61 Å². The second-order valence-electron chi connectivity index (χ2n) is 7.53. The second-order valence-corrected chi connectivity index (χ2v) is 11.5. The number of hydrogen-bond donors (Lipinski definition) is 1. The molecule has 0 bridgehead atoms. The summed E-state index contributed by atoms with van der Waals surface area (Å²) in [7, 11) is -5.93. The van der Waals surface area contributed by atoms with E-state index in [4.69, 9.17) is 5.26 Å². The largest absolute Gasteiger partial charge is 0.332 e. The van der Waals surface area contributed by atoms with Gasteiger partial charge >= 0.3 is 0 Å². The first-order valence-electron chi connectivity index (χ1n) is 10.1. The predicted octanol–water partition coefficient (Wildman–Crippen LogP) is 0.310. The molecule has 0 aliphatic carbocycles. The van der Waals surface area contributed by atoms with Crippen molar-refractivity contribution in [3.05, 3.63) is 60.2 Å². The number of piperazine rings is 1. The fourth-order valence-corrected chi connectivity index (χ4v) is 6.16. The summed E-state index contributed by atoms with van der Waals surface area (Å²) in [4.78, 5) is 1.35. The number of quaternary nitrogens is 1. The molecule has 0 spiro atoms. The van der Waals surface area contributed by atoms with Crippen LogP contribution in [-0.2, 0) is 26.6 Å². The van der Waals surface area contributed by atoms with Gasteiger partial charge in [-0.2, -0.15) is 13.9 Å². The van der Waals surface area contributed by atoms with Gasteiger partial charge in [0.1, 0.15) is 0 Å². The molecule has 2 aromatic rings. The van der Waals surface area contributed by atoms with Crippen molar-refractivity contribution < 1.29 is 21.7 Å². The summed E-state index contributed by atoms with van der Waals surface area (Å²) in [6.45, 7) is 3.00. The van der Waals surface area contributed by atoms with Gasteiger partial charge < -0.3 is 4.90 Å². The fourth-order valence-electron chi connectivity index (χ4n) is 3.56. The predicted molar refractivity (Wildman–Crippen MR) is 116 cm³/mol. The Morgan fingerprint density at radius 2 is 1.55 bits per heavy atom.